The largest absolute Gasteiger partial charge is 0.481 e. The molecule has 1 unspecified atom stereocenters. The normalized spacial score (nSPS) is 16.3. The number of halogens is 2. The van der Waals surface area contributed by atoms with Crippen molar-refractivity contribution in [3.05, 3.63) is 46.2 Å². The number of aliphatic carboxylic acids is 1. The minimum Gasteiger partial charge on any atom is -0.481 e. The molecule has 0 aliphatic carbocycles. The number of thioether (sulfide) groups is 1. The Morgan fingerprint density at radius 1 is 1.32 bits per heavy atom. The van der Waals surface area contributed by atoms with Crippen molar-refractivity contribution in [2.75, 3.05) is 6.26 Å². The number of aromatic nitrogens is 2. The molecule has 0 saturated heterocycles. The summed E-state index contributed by atoms with van der Waals surface area (Å²) < 4.78 is 2.21. The first-order valence-electron chi connectivity index (χ1n) is 8.89. The fourth-order valence-corrected chi connectivity index (χ4v) is 6.21. The van der Waals surface area contributed by atoms with E-state index in [1.807, 2.05) is 30.7 Å². The van der Waals surface area contributed by atoms with Gasteiger partial charge in [-0.25, -0.2) is 4.98 Å². The topological polar surface area (TPSA) is 55.1 Å². The standard InChI is InChI=1S/C20H18Cl2N2O2S2/c1-27-15-6-7-23-20-17(15)19(28-14-5-4-12(21)10-13(14)22)18-11(9-16(25)26)3-2-8-24(18)20/h4-7,10-11H,2-3,8-9H2,1H3,(H,25,26). The van der Waals surface area contributed by atoms with Gasteiger partial charge < -0.3 is 9.67 Å². The van der Waals surface area contributed by atoms with E-state index in [9.17, 15) is 9.90 Å². The highest BCUT2D eigenvalue weighted by molar-refractivity contribution is 8.00. The van der Waals surface area contributed by atoms with Crippen LogP contribution in [0.25, 0.3) is 11.0 Å². The lowest BCUT2D eigenvalue weighted by Crippen LogP contribution is -2.18. The van der Waals surface area contributed by atoms with Crippen molar-refractivity contribution in [1.82, 2.24) is 9.55 Å². The number of pyridine rings is 1. The first kappa shape index (κ1) is 20.0. The Morgan fingerprint density at radius 2 is 2.14 bits per heavy atom. The second-order valence-corrected chi connectivity index (χ2v) is 9.44. The summed E-state index contributed by atoms with van der Waals surface area (Å²) in [7, 11) is 0. The number of carbonyl (C=O) groups is 1. The summed E-state index contributed by atoms with van der Waals surface area (Å²) >= 11 is 15.8. The van der Waals surface area contributed by atoms with Crippen molar-refractivity contribution in [3.63, 3.8) is 0 Å². The number of aryl methyl sites for hydroxylation is 1. The fourth-order valence-electron chi connectivity index (χ4n) is 3.83. The van der Waals surface area contributed by atoms with Crippen LogP contribution in [0.3, 0.4) is 0 Å². The van der Waals surface area contributed by atoms with Crippen molar-refractivity contribution >= 4 is 63.7 Å². The summed E-state index contributed by atoms with van der Waals surface area (Å²) in [4.78, 5) is 19.2. The summed E-state index contributed by atoms with van der Waals surface area (Å²) in [5, 5.41) is 11.7. The van der Waals surface area contributed by atoms with Gasteiger partial charge in [0.2, 0.25) is 0 Å². The van der Waals surface area contributed by atoms with Gasteiger partial charge in [0.15, 0.2) is 0 Å². The molecular weight excluding hydrogens is 435 g/mol. The molecule has 0 saturated carbocycles. The molecule has 4 rings (SSSR count). The average molecular weight is 453 g/mol. The maximum absolute atomic E-state index is 11.5. The highest BCUT2D eigenvalue weighted by atomic mass is 35.5. The van der Waals surface area contributed by atoms with E-state index in [2.05, 4.69) is 9.55 Å². The third kappa shape index (κ3) is 3.63. The number of benzene rings is 1. The summed E-state index contributed by atoms with van der Waals surface area (Å²) in [6, 6.07) is 7.48. The molecule has 0 bridgehead atoms. The van der Waals surface area contributed by atoms with Gasteiger partial charge in [0.25, 0.3) is 0 Å². The van der Waals surface area contributed by atoms with Crippen LogP contribution in [0.1, 0.15) is 30.9 Å². The lowest BCUT2D eigenvalue weighted by atomic mass is 9.93. The van der Waals surface area contributed by atoms with Gasteiger partial charge in [-0.2, -0.15) is 0 Å². The summed E-state index contributed by atoms with van der Waals surface area (Å²) in [6.07, 6.45) is 5.80. The lowest BCUT2D eigenvalue weighted by Gasteiger charge is -2.25. The molecule has 1 N–H and O–H groups in total. The fraction of sp³-hybridized carbons (Fsp3) is 0.300. The van der Waals surface area contributed by atoms with Crippen LogP contribution >= 0.6 is 46.7 Å². The molecule has 3 heterocycles. The molecule has 1 aliphatic heterocycles. The molecule has 1 atom stereocenters. The van der Waals surface area contributed by atoms with Gasteiger partial charge in [-0.15, -0.1) is 11.8 Å². The van der Waals surface area contributed by atoms with Crippen molar-refractivity contribution in [2.45, 2.75) is 46.4 Å². The van der Waals surface area contributed by atoms with Crippen LogP contribution in [0.4, 0.5) is 0 Å². The number of nitrogens with zero attached hydrogens (tertiary/aromatic N) is 2. The predicted octanol–water partition coefficient (Wildman–Crippen LogP) is 6.57. The van der Waals surface area contributed by atoms with E-state index in [0.717, 1.165) is 50.8 Å². The van der Waals surface area contributed by atoms with Crippen LogP contribution in [-0.2, 0) is 11.3 Å². The van der Waals surface area contributed by atoms with Gasteiger partial charge >= 0.3 is 5.97 Å². The maximum atomic E-state index is 11.5. The molecule has 0 spiro atoms. The number of fused-ring (bicyclic) bond motifs is 3. The van der Waals surface area contributed by atoms with E-state index < -0.39 is 5.97 Å². The van der Waals surface area contributed by atoms with E-state index in [1.165, 1.54) is 0 Å². The summed E-state index contributed by atoms with van der Waals surface area (Å²) in [5.41, 5.74) is 1.98. The molecule has 1 aliphatic rings. The Bertz CT molecular complexity index is 1070. The molecule has 1 aromatic carbocycles. The Labute approximate surface area is 181 Å². The average Bonchev–Trinajstić information content (AvgIpc) is 2.98. The smallest absolute Gasteiger partial charge is 0.304 e. The Kier molecular flexibility index (Phi) is 5.83. The second-order valence-electron chi connectivity index (χ2n) is 6.69. The van der Waals surface area contributed by atoms with Crippen molar-refractivity contribution < 1.29 is 9.90 Å². The zero-order valence-electron chi connectivity index (χ0n) is 15.1. The predicted molar refractivity (Wildman–Crippen MR) is 116 cm³/mol. The van der Waals surface area contributed by atoms with E-state index in [-0.39, 0.29) is 12.3 Å². The quantitative estimate of drug-likeness (QED) is 0.443. The molecule has 0 radical (unpaired) electrons. The Balaban J connectivity index is 1.95. The second kappa shape index (κ2) is 8.19. The number of carboxylic acid groups (broad SMARTS) is 1. The first-order chi connectivity index (χ1) is 13.5. The molecule has 146 valence electrons. The third-order valence-corrected chi connectivity index (χ3v) is 7.60. The Morgan fingerprint density at radius 3 is 2.86 bits per heavy atom. The van der Waals surface area contributed by atoms with Gasteiger partial charge in [0.1, 0.15) is 5.65 Å². The van der Waals surface area contributed by atoms with Gasteiger partial charge in [-0.1, -0.05) is 35.0 Å². The molecular formula is C20H18Cl2N2O2S2. The van der Waals surface area contributed by atoms with Crippen LogP contribution in [0.2, 0.25) is 10.0 Å². The molecule has 2 aromatic heterocycles. The van der Waals surface area contributed by atoms with Crippen molar-refractivity contribution in [2.24, 2.45) is 0 Å². The molecule has 3 aromatic rings. The summed E-state index contributed by atoms with van der Waals surface area (Å²) in [6.45, 7) is 0.849. The Hall–Kier alpha value is -1.34. The van der Waals surface area contributed by atoms with E-state index in [0.29, 0.717) is 10.0 Å². The molecule has 4 nitrogen and oxygen atoms in total. The van der Waals surface area contributed by atoms with E-state index in [4.69, 9.17) is 23.2 Å². The highest BCUT2D eigenvalue weighted by Crippen LogP contribution is 2.48. The van der Waals surface area contributed by atoms with Gasteiger partial charge in [0, 0.05) is 49.4 Å². The number of carboxylic acids is 1. The van der Waals surface area contributed by atoms with Crippen LogP contribution < -0.4 is 0 Å². The number of hydrogen-bond acceptors (Lipinski definition) is 4. The van der Waals surface area contributed by atoms with Gasteiger partial charge in [0.05, 0.1) is 11.4 Å². The molecule has 28 heavy (non-hydrogen) atoms. The van der Waals surface area contributed by atoms with Gasteiger partial charge in [-0.3, -0.25) is 4.79 Å². The monoisotopic (exact) mass is 452 g/mol. The highest BCUT2D eigenvalue weighted by Gasteiger charge is 2.31. The third-order valence-electron chi connectivity index (χ3n) is 4.97. The SMILES string of the molecule is CSc1ccnc2c1c(Sc1ccc(Cl)cc1Cl)c1n2CCCC1CC(=O)O. The van der Waals surface area contributed by atoms with E-state index in [1.54, 1.807) is 29.6 Å². The summed E-state index contributed by atoms with van der Waals surface area (Å²) in [5.74, 6) is -0.814. The van der Waals surface area contributed by atoms with Crippen molar-refractivity contribution in [3.8, 4) is 0 Å². The lowest BCUT2D eigenvalue weighted by molar-refractivity contribution is -0.137. The van der Waals surface area contributed by atoms with Crippen LogP contribution in [0.5, 0.6) is 0 Å². The number of hydrogen-bond donors (Lipinski definition) is 1. The molecule has 0 amide bonds. The first-order valence-corrected chi connectivity index (χ1v) is 11.7. The van der Waals surface area contributed by atoms with Crippen LogP contribution in [0, 0.1) is 0 Å². The number of rotatable bonds is 5. The van der Waals surface area contributed by atoms with Gasteiger partial charge in [-0.05, 0) is 43.4 Å². The molecule has 0 fully saturated rings. The minimum absolute atomic E-state index is 0.0382. The van der Waals surface area contributed by atoms with Crippen LogP contribution in [0.15, 0.2) is 45.1 Å². The van der Waals surface area contributed by atoms with Crippen LogP contribution in [-0.4, -0.2) is 26.9 Å². The zero-order valence-corrected chi connectivity index (χ0v) is 18.3. The minimum atomic E-state index is -0.776. The molecule has 8 heteroatoms. The van der Waals surface area contributed by atoms with Crippen molar-refractivity contribution in [1.29, 1.82) is 0 Å². The maximum Gasteiger partial charge on any atom is 0.304 e. The van der Waals surface area contributed by atoms with E-state index >= 15 is 0 Å². The zero-order chi connectivity index (χ0) is 19.8.